The molecule has 0 aliphatic carbocycles. The van der Waals surface area contributed by atoms with Crippen LogP contribution in [-0.2, 0) is 0 Å². The Balaban J connectivity index is 1.85. The quantitative estimate of drug-likeness (QED) is 0.746. The molecule has 4 heterocycles. The molecule has 1 aliphatic rings. The standard InChI is InChI=1S/C12H13N7S/c1-6-20-8-9(1)10-7-14-11(12-15-16-17-19(10)12)18-4-2-13-3-5-18/h1,6-8,13H,2-5H2. The van der Waals surface area contributed by atoms with Gasteiger partial charge in [0.2, 0.25) is 5.65 Å². The number of rotatable bonds is 2. The molecule has 0 amide bonds. The summed E-state index contributed by atoms with van der Waals surface area (Å²) < 4.78 is 1.77. The second kappa shape index (κ2) is 4.80. The number of anilines is 1. The lowest BCUT2D eigenvalue weighted by molar-refractivity contribution is 0.585. The van der Waals surface area contributed by atoms with Gasteiger partial charge in [-0.05, 0) is 21.9 Å². The largest absolute Gasteiger partial charge is 0.351 e. The molecule has 3 aromatic heterocycles. The summed E-state index contributed by atoms with van der Waals surface area (Å²) >= 11 is 1.65. The van der Waals surface area contributed by atoms with E-state index in [-0.39, 0.29) is 0 Å². The van der Waals surface area contributed by atoms with Crippen molar-refractivity contribution in [2.45, 2.75) is 0 Å². The summed E-state index contributed by atoms with van der Waals surface area (Å²) in [4.78, 5) is 6.82. The van der Waals surface area contributed by atoms with Crippen molar-refractivity contribution >= 4 is 22.8 Å². The zero-order valence-corrected chi connectivity index (χ0v) is 11.5. The highest BCUT2D eigenvalue weighted by Gasteiger charge is 2.19. The van der Waals surface area contributed by atoms with E-state index in [9.17, 15) is 0 Å². The molecule has 0 aromatic carbocycles. The third-order valence-electron chi connectivity index (χ3n) is 3.44. The highest BCUT2D eigenvalue weighted by molar-refractivity contribution is 7.08. The van der Waals surface area contributed by atoms with Crippen LogP contribution in [0.15, 0.2) is 23.0 Å². The molecule has 3 aromatic rings. The second-order valence-electron chi connectivity index (χ2n) is 4.63. The SMILES string of the molecule is c1cc(-c2cnc(N3CCNCC3)c3nnnn23)cs1. The molecular weight excluding hydrogens is 274 g/mol. The van der Waals surface area contributed by atoms with Crippen LogP contribution in [0.4, 0.5) is 5.82 Å². The van der Waals surface area contributed by atoms with Crippen LogP contribution in [0.5, 0.6) is 0 Å². The number of aromatic nitrogens is 5. The Kier molecular flexibility index (Phi) is 2.82. The number of thiophene rings is 1. The topological polar surface area (TPSA) is 71.2 Å². The highest BCUT2D eigenvalue weighted by Crippen LogP contribution is 2.25. The van der Waals surface area contributed by atoms with Crippen LogP contribution < -0.4 is 10.2 Å². The molecule has 0 bridgehead atoms. The normalized spacial score (nSPS) is 15.9. The van der Waals surface area contributed by atoms with E-state index < -0.39 is 0 Å². The van der Waals surface area contributed by atoms with Gasteiger partial charge in [-0.2, -0.15) is 15.9 Å². The Morgan fingerprint density at radius 2 is 2.15 bits per heavy atom. The number of hydrogen-bond acceptors (Lipinski definition) is 7. The fourth-order valence-corrected chi connectivity index (χ4v) is 3.08. The molecule has 0 unspecified atom stereocenters. The first kappa shape index (κ1) is 11.7. The molecule has 102 valence electrons. The van der Waals surface area contributed by atoms with Crippen molar-refractivity contribution in [3.8, 4) is 11.3 Å². The van der Waals surface area contributed by atoms with E-state index in [0.29, 0.717) is 0 Å². The summed E-state index contributed by atoms with van der Waals surface area (Å²) in [6.45, 7) is 3.77. The summed E-state index contributed by atoms with van der Waals surface area (Å²) in [6.07, 6.45) is 1.85. The molecule has 4 rings (SSSR count). The minimum absolute atomic E-state index is 0.718. The molecule has 1 fully saturated rings. The van der Waals surface area contributed by atoms with Gasteiger partial charge in [0.25, 0.3) is 0 Å². The van der Waals surface area contributed by atoms with Gasteiger partial charge in [0, 0.05) is 37.1 Å². The number of fused-ring (bicyclic) bond motifs is 1. The van der Waals surface area contributed by atoms with Crippen molar-refractivity contribution in [3.63, 3.8) is 0 Å². The van der Waals surface area contributed by atoms with Gasteiger partial charge >= 0.3 is 0 Å². The minimum Gasteiger partial charge on any atom is -0.351 e. The van der Waals surface area contributed by atoms with Crippen molar-refractivity contribution in [3.05, 3.63) is 23.0 Å². The fraction of sp³-hybridized carbons (Fsp3) is 0.333. The first-order valence-electron chi connectivity index (χ1n) is 6.49. The Hall–Kier alpha value is -2.06. The molecule has 20 heavy (non-hydrogen) atoms. The fourth-order valence-electron chi connectivity index (χ4n) is 2.43. The van der Waals surface area contributed by atoms with E-state index in [2.05, 4.69) is 36.1 Å². The van der Waals surface area contributed by atoms with Crippen molar-refractivity contribution < 1.29 is 0 Å². The number of nitrogens with zero attached hydrogens (tertiary/aromatic N) is 6. The van der Waals surface area contributed by atoms with Gasteiger partial charge in [-0.15, -0.1) is 5.10 Å². The number of piperazine rings is 1. The van der Waals surface area contributed by atoms with Crippen LogP contribution in [0.1, 0.15) is 0 Å². The van der Waals surface area contributed by atoms with Crippen molar-refractivity contribution in [1.29, 1.82) is 0 Å². The number of hydrogen-bond donors (Lipinski definition) is 1. The Morgan fingerprint density at radius 1 is 1.25 bits per heavy atom. The van der Waals surface area contributed by atoms with Crippen molar-refractivity contribution in [1.82, 2.24) is 30.3 Å². The number of nitrogens with one attached hydrogen (secondary N) is 1. The van der Waals surface area contributed by atoms with Crippen LogP contribution in [0.25, 0.3) is 16.9 Å². The van der Waals surface area contributed by atoms with E-state index in [1.807, 2.05) is 17.6 Å². The summed E-state index contributed by atoms with van der Waals surface area (Å²) in [5, 5.41) is 19.5. The molecule has 7 nitrogen and oxygen atoms in total. The summed E-state index contributed by atoms with van der Waals surface area (Å²) in [5.74, 6) is 0.857. The first-order valence-corrected chi connectivity index (χ1v) is 7.43. The van der Waals surface area contributed by atoms with E-state index in [4.69, 9.17) is 0 Å². The van der Waals surface area contributed by atoms with Gasteiger partial charge in [-0.1, -0.05) is 0 Å². The average molecular weight is 287 g/mol. The molecule has 1 N–H and O–H groups in total. The van der Waals surface area contributed by atoms with Crippen molar-refractivity contribution in [2.24, 2.45) is 0 Å². The molecule has 1 aliphatic heterocycles. The third-order valence-corrected chi connectivity index (χ3v) is 4.12. The van der Waals surface area contributed by atoms with Crippen LogP contribution in [-0.4, -0.2) is 51.2 Å². The zero-order valence-electron chi connectivity index (χ0n) is 10.7. The van der Waals surface area contributed by atoms with E-state index in [1.54, 1.807) is 15.9 Å². The van der Waals surface area contributed by atoms with E-state index >= 15 is 0 Å². The van der Waals surface area contributed by atoms with Gasteiger partial charge in [-0.3, -0.25) is 0 Å². The molecule has 0 saturated carbocycles. The maximum absolute atomic E-state index is 4.60. The van der Waals surface area contributed by atoms with Gasteiger partial charge in [0.1, 0.15) is 0 Å². The number of tetrazole rings is 1. The molecule has 0 radical (unpaired) electrons. The first-order chi connectivity index (χ1) is 9.93. The lowest BCUT2D eigenvalue weighted by atomic mass is 10.2. The Bertz CT molecular complexity index is 715. The van der Waals surface area contributed by atoms with Gasteiger partial charge in [0.05, 0.1) is 11.9 Å². The van der Waals surface area contributed by atoms with Gasteiger partial charge in [0.15, 0.2) is 5.82 Å². The molecule has 1 saturated heterocycles. The van der Waals surface area contributed by atoms with E-state index in [1.165, 1.54) is 0 Å². The summed E-state index contributed by atoms with van der Waals surface area (Å²) in [6, 6.07) is 2.05. The van der Waals surface area contributed by atoms with Crippen molar-refractivity contribution in [2.75, 3.05) is 31.1 Å². The lowest BCUT2D eigenvalue weighted by Crippen LogP contribution is -2.44. The third kappa shape index (κ3) is 1.84. The second-order valence-corrected chi connectivity index (χ2v) is 5.41. The predicted octanol–water partition coefficient (Wildman–Crippen LogP) is 0.657. The molecule has 8 heteroatoms. The molecule has 0 spiro atoms. The summed E-state index contributed by atoms with van der Waals surface area (Å²) in [5.41, 5.74) is 2.73. The minimum atomic E-state index is 0.718. The lowest BCUT2D eigenvalue weighted by Gasteiger charge is -2.28. The maximum Gasteiger partial charge on any atom is 0.222 e. The molecular formula is C12H13N7S. The molecule has 0 atom stereocenters. The monoisotopic (exact) mass is 287 g/mol. The zero-order chi connectivity index (χ0) is 13.4. The predicted molar refractivity (Wildman–Crippen MR) is 77.0 cm³/mol. The maximum atomic E-state index is 4.60. The van der Waals surface area contributed by atoms with Crippen LogP contribution in [0, 0.1) is 0 Å². The highest BCUT2D eigenvalue weighted by atomic mass is 32.1. The average Bonchev–Trinajstić information content (AvgIpc) is 3.18. The van der Waals surface area contributed by atoms with Crippen LogP contribution in [0.3, 0.4) is 0 Å². The smallest absolute Gasteiger partial charge is 0.222 e. The van der Waals surface area contributed by atoms with Crippen LogP contribution >= 0.6 is 11.3 Å². The van der Waals surface area contributed by atoms with E-state index in [0.717, 1.165) is 48.9 Å². The Morgan fingerprint density at radius 3 is 2.95 bits per heavy atom. The van der Waals surface area contributed by atoms with Gasteiger partial charge in [-0.25, -0.2) is 4.98 Å². The Labute approximate surface area is 119 Å². The van der Waals surface area contributed by atoms with Crippen LogP contribution in [0.2, 0.25) is 0 Å². The van der Waals surface area contributed by atoms with Gasteiger partial charge < -0.3 is 10.2 Å². The summed E-state index contributed by atoms with van der Waals surface area (Å²) in [7, 11) is 0.